The average molecular weight is 332 g/mol. The highest BCUT2D eigenvalue weighted by atomic mass is 16.6. The molecular formula is C16H28O7. The maximum Gasteiger partial charge on any atom is 0.335 e. The van der Waals surface area contributed by atoms with Crippen molar-refractivity contribution in [3.8, 4) is 0 Å². The second-order valence-electron chi connectivity index (χ2n) is 5.08. The monoisotopic (exact) mass is 332 g/mol. The van der Waals surface area contributed by atoms with Crippen LogP contribution < -0.4 is 0 Å². The Morgan fingerprint density at radius 1 is 0.870 bits per heavy atom. The van der Waals surface area contributed by atoms with Gasteiger partial charge in [0.1, 0.15) is 5.92 Å². The highest BCUT2D eigenvalue weighted by Crippen LogP contribution is 2.18. The van der Waals surface area contributed by atoms with Gasteiger partial charge in [0.2, 0.25) is 0 Å². The number of hydrogen-bond donors (Lipinski definition) is 0. The van der Waals surface area contributed by atoms with Crippen LogP contribution in [0.3, 0.4) is 0 Å². The molecule has 0 spiro atoms. The highest BCUT2D eigenvalue weighted by molar-refractivity contribution is 5.87. The molecule has 0 aromatic heterocycles. The molecule has 2 atom stereocenters. The van der Waals surface area contributed by atoms with E-state index >= 15 is 0 Å². The molecule has 134 valence electrons. The molecule has 0 saturated heterocycles. The smallest absolute Gasteiger partial charge is 0.335 e. The van der Waals surface area contributed by atoms with E-state index < -0.39 is 29.9 Å². The third-order valence-corrected chi connectivity index (χ3v) is 3.25. The van der Waals surface area contributed by atoms with Gasteiger partial charge >= 0.3 is 17.9 Å². The maximum absolute atomic E-state index is 12.2. The van der Waals surface area contributed by atoms with Crippen molar-refractivity contribution in [1.29, 1.82) is 0 Å². The van der Waals surface area contributed by atoms with Crippen molar-refractivity contribution in [3.05, 3.63) is 0 Å². The predicted octanol–water partition coefficient (Wildman–Crippen LogP) is 1.87. The van der Waals surface area contributed by atoms with Crippen LogP contribution in [0, 0.1) is 5.92 Å². The predicted molar refractivity (Wildman–Crippen MR) is 82.7 cm³/mol. The van der Waals surface area contributed by atoms with Crippen molar-refractivity contribution >= 4 is 17.9 Å². The molecule has 2 unspecified atom stereocenters. The molecule has 7 heteroatoms. The van der Waals surface area contributed by atoms with Crippen LogP contribution >= 0.6 is 0 Å². The fourth-order valence-corrected chi connectivity index (χ4v) is 1.82. The van der Waals surface area contributed by atoms with Crippen molar-refractivity contribution in [1.82, 2.24) is 0 Å². The zero-order valence-corrected chi connectivity index (χ0v) is 14.5. The van der Waals surface area contributed by atoms with Gasteiger partial charge in [-0.3, -0.25) is 9.59 Å². The minimum atomic E-state index is -1.18. The third kappa shape index (κ3) is 8.54. The van der Waals surface area contributed by atoms with Crippen LogP contribution in [-0.4, -0.2) is 51.4 Å². The van der Waals surface area contributed by atoms with Gasteiger partial charge in [-0.2, -0.15) is 0 Å². The third-order valence-electron chi connectivity index (χ3n) is 3.25. The Hall–Kier alpha value is -1.63. The first-order valence-electron chi connectivity index (χ1n) is 7.94. The molecule has 0 bridgehead atoms. The topological polar surface area (TPSA) is 88.1 Å². The lowest BCUT2D eigenvalue weighted by Gasteiger charge is -2.23. The zero-order chi connectivity index (χ0) is 17.7. The van der Waals surface area contributed by atoms with Crippen molar-refractivity contribution in [2.24, 2.45) is 5.92 Å². The van der Waals surface area contributed by atoms with E-state index in [4.69, 9.17) is 14.2 Å². The SMILES string of the molecule is CCCCOC(=O)C(CC(=O)OC)C(OCCCC)C(=O)OC. The van der Waals surface area contributed by atoms with Gasteiger partial charge in [0.25, 0.3) is 0 Å². The zero-order valence-electron chi connectivity index (χ0n) is 14.5. The van der Waals surface area contributed by atoms with Gasteiger partial charge in [-0.15, -0.1) is 0 Å². The fourth-order valence-electron chi connectivity index (χ4n) is 1.82. The van der Waals surface area contributed by atoms with Crippen LogP contribution in [0.25, 0.3) is 0 Å². The van der Waals surface area contributed by atoms with E-state index in [1.165, 1.54) is 14.2 Å². The number of rotatable bonds is 12. The first-order valence-corrected chi connectivity index (χ1v) is 7.94. The number of unbranched alkanes of at least 4 members (excludes halogenated alkanes) is 2. The molecule has 0 aromatic carbocycles. The molecule has 0 aliphatic heterocycles. The van der Waals surface area contributed by atoms with Gasteiger partial charge in [-0.25, -0.2) is 4.79 Å². The second kappa shape index (κ2) is 12.9. The summed E-state index contributed by atoms with van der Waals surface area (Å²) in [6.07, 6.45) is 1.69. The van der Waals surface area contributed by atoms with E-state index in [1.54, 1.807) is 0 Å². The number of methoxy groups -OCH3 is 2. The van der Waals surface area contributed by atoms with Crippen molar-refractivity contribution in [3.63, 3.8) is 0 Å². The van der Waals surface area contributed by atoms with Crippen LogP contribution in [0.4, 0.5) is 0 Å². The van der Waals surface area contributed by atoms with E-state index in [-0.39, 0.29) is 19.6 Å². The molecule has 0 saturated carbocycles. The van der Waals surface area contributed by atoms with E-state index in [2.05, 4.69) is 4.74 Å². The summed E-state index contributed by atoms with van der Waals surface area (Å²) >= 11 is 0. The summed E-state index contributed by atoms with van der Waals surface area (Å²) in [6.45, 7) is 4.46. The first kappa shape index (κ1) is 21.4. The molecule has 23 heavy (non-hydrogen) atoms. The molecule has 0 N–H and O–H groups in total. The van der Waals surface area contributed by atoms with Gasteiger partial charge in [0.05, 0.1) is 27.2 Å². The van der Waals surface area contributed by atoms with Gasteiger partial charge in [0, 0.05) is 6.61 Å². The van der Waals surface area contributed by atoms with Crippen molar-refractivity contribution in [2.45, 2.75) is 52.1 Å². The second-order valence-corrected chi connectivity index (χ2v) is 5.08. The number of carbonyl (C=O) groups is 3. The van der Waals surface area contributed by atoms with Crippen LogP contribution in [0.2, 0.25) is 0 Å². The Balaban J connectivity index is 5.07. The summed E-state index contributed by atoms with van der Waals surface area (Å²) in [7, 11) is 2.42. The molecule has 0 aliphatic rings. The lowest BCUT2D eigenvalue weighted by Crippen LogP contribution is -2.40. The Bertz CT molecular complexity index is 367. The Labute approximate surface area is 137 Å². The Morgan fingerprint density at radius 2 is 1.48 bits per heavy atom. The Morgan fingerprint density at radius 3 is 2.00 bits per heavy atom. The number of carbonyl (C=O) groups excluding carboxylic acids is 3. The highest BCUT2D eigenvalue weighted by Gasteiger charge is 2.38. The summed E-state index contributed by atoms with van der Waals surface area (Å²) in [5.41, 5.74) is 0. The quantitative estimate of drug-likeness (QED) is 0.306. The summed E-state index contributed by atoms with van der Waals surface area (Å²) in [4.78, 5) is 35.8. The van der Waals surface area contributed by atoms with Gasteiger partial charge < -0.3 is 18.9 Å². The van der Waals surface area contributed by atoms with Crippen molar-refractivity contribution in [2.75, 3.05) is 27.4 Å². The summed E-state index contributed by atoms with van der Waals surface area (Å²) < 4.78 is 19.9. The fraction of sp³-hybridized carbons (Fsp3) is 0.812. The maximum atomic E-state index is 12.2. The molecule has 0 rings (SSSR count). The molecule has 0 aliphatic carbocycles. The molecule has 0 fully saturated rings. The standard InChI is InChI=1S/C16H28O7/c1-5-7-9-22-14(16(19)21-4)12(11-13(17)20-3)15(18)23-10-8-6-2/h12,14H,5-11H2,1-4H3. The Kier molecular flexibility index (Phi) is 12.0. The molecule has 0 heterocycles. The summed E-state index contributed by atoms with van der Waals surface area (Å²) in [5.74, 6) is -3.06. The van der Waals surface area contributed by atoms with Crippen molar-refractivity contribution < 1.29 is 33.3 Å². The summed E-state index contributed by atoms with van der Waals surface area (Å²) in [5, 5.41) is 0. The molecule has 0 radical (unpaired) electrons. The van der Waals surface area contributed by atoms with E-state index in [0.717, 1.165) is 19.3 Å². The minimum absolute atomic E-state index is 0.232. The van der Waals surface area contributed by atoms with Crippen LogP contribution in [0.5, 0.6) is 0 Å². The molecular weight excluding hydrogens is 304 g/mol. The van der Waals surface area contributed by atoms with Gasteiger partial charge in [0.15, 0.2) is 6.10 Å². The minimum Gasteiger partial charge on any atom is -0.469 e. The first-order chi connectivity index (χ1) is 11.0. The van der Waals surface area contributed by atoms with E-state index in [0.29, 0.717) is 6.42 Å². The lowest BCUT2D eigenvalue weighted by atomic mass is 9.98. The molecule has 0 aromatic rings. The van der Waals surface area contributed by atoms with Crippen LogP contribution in [-0.2, 0) is 33.3 Å². The number of esters is 3. The normalized spacial score (nSPS) is 13.0. The van der Waals surface area contributed by atoms with Crippen LogP contribution in [0.1, 0.15) is 46.0 Å². The largest absolute Gasteiger partial charge is 0.469 e. The summed E-state index contributed by atoms with van der Waals surface area (Å²) in [6, 6.07) is 0. The molecule has 7 nitrogen and oxygen atoms in total. The lowest BCUT2D eigenvalue weighted by molar-refractivity contribution is -0.172. The van der Waals surface area contributed by atoms with E-state index in [9.17, 15) is 14.4 Å². The number of hydrogen-bond acceptors (Lipinski definition) is 7. The molecule has 0 amide bonds. The average Bonchev–Trinajstić information content (AvgIpc) is 2.56. The number of ether oxygens (including phenoxy) is 4. The van der Waals surface area contributed by atoms with Gasteiger partial charge in [-0.1, -0.05) is 26.7 Å². The van der Waals surface area contributed by atoms with Crippen LogP contribution in [0.15, 0.2) is 0 Å². The van der Waals surface area contributed by atoms with E-state index in [1.807, 2.05) is 13.8 Å². The van der Waals surface area contributed by atoms with Gasteiger partial charge in [-0.05, 0) is 12.8 Å².